The zero-order chi connectivity index (χ0) is 13.8. The highest BCUT2D eigenvalue weighted by Crippen LogP contribution is 2.16. The molecular formula is C14H26FN3O. The van der Waals surface area contributed by atoms with Crippen LogP contribution in [0.15, 0.2) is 0 Å². The van der Waals surface area contributed by atoms with E-state index >= 15 is 0 Å². The second-order valence-electron chi connectivity index (χ2n) is 6.02. The Morgan fingerprint density at radius 2 is 1.68 bits per heavy atom. The molecule has 2 fully saturated rings. The molecule has 5 heteroatoms. The van der Waals surface area contributed by atoms with Crippen LogP contribution in [0.25, 0.3) is 0 Å². The first-order chi connectivity index (χ1) is 9.06. The van der Waals surface area contributed by atoms with Crippen LogP contribution in [-0.2, 0) is 0 Å². The summed E-state index contributed by atoms with van der Waals surface area (Å²) in [6.07, 6.45) is 2.28. The molecule has 2 aliphatic heterocycles. The third-order valence-corrected chi connectivity index (χ3v) is 4.30. The molecule has 0 aromatic heterocycles. The SMILES string of the molecule is CC(C)N1CCC(NC(=O)N2CCC(F)CC2)CC1. The second kappa shape index (κ2) is 6.55. The Bertz CT molecular complexity index is 295. The van der Waals surface area contributed by atoms with Gasteiger partial charge in [-0.3, -0.25) is 0 Å². The number of likely N-dealkylation sites (tertiary alicyclic amines) is 2. The Hall–Kier alpha value is -0.840. The fourth-order valence-corrected chi connectivity index (χ4v) is 2.88. The molecule has 4 nitrogen and oxygen atoms in total. The summed E-state index contributed by atoms with van der Waals surface area (Å²) in [4.78, 5) is 16.3. The lowest BCUT2D eigenvalue weighted by molar-refractivity contribution is 0.136. The fourth-order valence-electron chi connectivity index (χ4n) is 2.88. The average molecular weight is 271 g/mol. The minimum absolute atomic E-state index is 0.00473. The fraction of sp³-hybridized carbons (Fsp3) is 0.929. The van der Waals surface area contributed by atoms with Crippen molar-refractivity contribution in [1.29, 1.82) is 0 Å². The van der Waals surface area contributed by atoms with E-state index in [9.17, 15) is 9.18 Å². The highest BCUT2D eigenvalue weighted by molar-refractivity contribution is 5.74. The number of urea groups is 1. The zero-order valence-corrected chi connectivity index (χ0v) is 12.1. The van der Waals surface area contributed by atoms with Gasteiger partial charge in [-0.05, 0) is 39.5 Å². The molecule has 110 valence electrons. The van der Waals surface area contributed by atoms with Crippen LogP contribution in [0.4, 0.5) is 9.18 Å². The molecule has 0 spiro atoms. The molecule has 0 aliphatic carbocycles. The summed E-state index contributed by atoms with van der Waals surface area (Å²) < 4.78 is 13.0. The molecule has 2 saturated heterocycles. The van der Waals surface area contributed by atoms with E-state index in [-0.39, 0.29) is 12.1 Å². The maximum Gasteiger partial charge on any atom is 0.317 e. The van der Waals surface area contributed by atoms with Gasteiger partial charge in [-0.2, -0.15) is 0 Å². The smallest absolute Gasteiger partial charge is 0.317 e. The van der Waals surface area contributed by atoms with Gasteiger partial charge in [0.25, 0.3) is 0 Å². The Kier molecular flexibility index (Phi) is 5.02. The van der Waals surface area contributed by atoms with E-state index in [1.165, 1.54) is 0 Å². The molecule has 0 saturated carbocycles. The maximum atomic E-state index is 13.0. The van der Waals surface area contributed by atoms with E-state index in [1.807, 2.05) is 0 Å². The van der Waals surface area contributed by atoms with Gasteiger partial charge in [0.05, 0.1) is 0 Å². The number of nitrogens with one attached hydrogen (secondary N) is 1. The van der Waals surface area contributed by atoms with Gasteiger partial charge in [-0.25, -0.2) is 9.18 Å². The van der Waals surface area contributed by atoms with Gasteiger partial charge in [-0.1, -0.05) is 0 Å². The predicted octanol–water partition coefficient (Wildman–Crippen LogP) is 2.00. The quantitative estimate of drug-likeness (QED) is 0.834. The Morgan fingerprint density at radius 3 is 2.21 bits per heavy atom. The van der Waals surface area contributed by atoms with E-state index in [2.05, 4.69) is 24.1 Å². The number of nitrogens with zero attached hydrogens (tertiary/aromatic N) is 2. The van der Waals surface area contributed by atoms with Crippen molar-refractivity contribution in [3.63, 3.8) is 0 Å². The van der Waals surface area contributed by atoms with E-state index in [1.54, 1.807) is 4.90 Å². The first kappa shape index (κ1) is 14.6. The third-order valence-electron chi connectivity index (χ3n) is 4.30. The molecule has 0 atom stereocenters. The topological polar surface area (TPSA) is 35.6 Å². The molecule has 2 amide bonds. The lowest BCUT2D eigenvalue weighted by Crippen LogP contribution is -2.51. The van der Waals surface area contributed by atoms with Gasteiger partial charge in [0, 0.05) is 38.3 Å². The van der Waals surface area contributed by atoms with Gasteiger partial charge in [0.15, 0.2) is 0 Å². The summed E-state index contributed by atoms with van der Waals surface area (Å²) in [6, 6.07) is 0.862. The summed E-state index contributed by atoms with van der Waals surface area (Å²) in [7, 11) is 0. The summed E-state index contributed by atoms with van der Waals surface area (Å²) in [6.45, 7) is 7.63. The van der Waals surface area contributed by atoms with E-state index < -0.39 is 6.17 Å². The number of carbonyl (C=O) groups is 1. The Balaban J connectivity index is 1.72. The van der Waals surface area contributed by atoms with Gasteiger partial charge in [0.1, 0.15) is 6.17 Å². The molecule has 0 unspecified atom stereocenters. The van der Waals surface area contributed by atoms with Gasteiger partial charge in [-0.15, -0.1) is 0 Å². The minimum atomic E-state index is -0.724. The molecule has 2 rings (SSSR count). The number of rotatable bonds is 2. The van der Waals surface area contributed by atoms with Crippen molar-refractivity contribution in [1.82, 2.24) is 15.1 Å². The number of carbonyl (C=O) groups excluding carboxylic acids is 1. The van der Waals surface area contributed by atoms with Crippen LogP contribution in [0, 0.1) is 0 Å². The number of hydrogen-bond donors (Lipinski definition) is 1. The van der Waals surface area contributed by atoms with Crippen molar-refractivity contribution >= 4 is 6.03 Å². The molecule has 2 aliphatic rings. The van der Waals surface area contributed by atoms with Crippen molar-refractivity contribution in [2.24, 2.45) is 0 Å². The summed E-state index contributed by atoms with van der Waals surface area (Å²) in [5, 5.41) is 3.10. The summed E-state index contributed by atoms with van der Waals surface area (Å²) >= 11 is 0. The second-order valence-corrected chi connectivity index (χ2v) is 6.02. The molecular weight excluding hydrogens is 245 g/mol. The largest absolute Gasteiger partial charge is 0.335 e. The molecule has 0 aromatic rings. The summed E-state index contributed by atoms with van der Waals surface area (Å²) in [5.41, 5.74) is 0. The van der Waals surface area contributed by atoms with Crippen LogP contribution in [-0.4, -0.2) is 60.3 Å². The van der Waals surface area contributed by atoms with Crippen molar-refractivity contribution in [3.05, 3.63) is 0 Å². The monoisotopic (exact) mass is 271 g/mol. The van der Waals surface area contributed by atoms with E-state index in [4.69, 9.17) is 0 Å². The lowest BCUT2D eigenvalue weighted by Gasteiger charge is -2.36. The van der Waals surface area contributed by atoms with E-state index in [0.29, 0.717) is 32.0 Å². The van der Waals surface area contributed by atoms with Gasteiger partial charge < -0.3 is 15.1 Å². The minimum Gasteiger partial charge on any atom is -0.335 e. The third kappa shape index (κ3) is 4.06. The number of halogens is 1. The summed E-state index contributed by atoms with van der Waals surface area (Å²) in [5.74, 6) is 0. The Labute approximate surface area is 115 Å². The van der Waals surface area contributed by atoms with Gasteiger partial charge in [0.2, 0.25) is 0 Å². The van der Waals surface area contributed by atoms with E-state index in [0.717, 1.165) is 25.9 Å². The average Bonchev–Trinajstić information content (AvgIpc) is 2.40. The highest BCUT2D eigenvalue weighted by atomic mass is 19.1. The number of amides is 2. The van der Waals surface area contributed by atoms with Crippen molar-refractivity contribution < 1.29 is 9.18 Å². The molecule has 0 aromatic carbocycles. The normalized spacial score (nSPS) is 23.9. The van der Waals surface area contributed by atoms with Crippen LogP contribution in [0.1, 0.15) is 39.5 Å². The highest BCUT2D eigenvalue weighted by Gasteiger charge is 2.26. The standard InChI is InChI=1S/C14H26FN3O/c1-11(2)17-9-5-13(6-10-17)16-14(19)18-7-3-12(15)4-8-18/h11-13H,3-10H2,1-2H3,(H,16,19). The maximum absolute atomic E-state index is 13.0. The Morgan fingerprint density at radius 1 is 1.11 bits per heavy atom. The van der Waals surface area contributed by atoms with Crippen molar-refractivity contribution in [2.75, 3.05) is 26.2 Å². The van der Waals surface area contributed by atoms with Crippen LogP contribution in [0.5, 0.6) is 0 Å². The number of hydrogen-bond acceptors (Lipinski definition) is 2. The number of alkyl halides is 1. The first-order valence-corrected chi connectivity index (χ1v) is 7.50. The van der Waals surface area contributed by atoms with Crippen molar-refractivity contribution in [3.8, 4) is 0 Å². The molecule has 1 N–H and O–H groups in total. The molecule has 2 heterocycles. The predicted molar refractivity (Wildman–Crippen MR) is 74.0 cm³/mol. The van der Waals surface area contributed by atoms with Gasteiger partial charge >= 0.3 is 6.03 Å². The lowest BCUT2D eigenvalue weighted by atomic mass is 10.0. The first-order valence-electron chi connectivity index (χ1n) is 7.50. The molecule has 0 radical (unpaired) electrons. The molecule has 19 heavy (non-hydrogen) atoms. The molecule has 0 bridgehead atoms. The van der Waals surface area contributed by atoms with Crippen LogP contribution in [0.2, 0.25) is 0 Å². The van der Waals surface area contributed by atoms with Crippen LogP contribution >= 0.6 is 0 Å². The van der Waals surface area contributed by atoms with Crippen molar-refractivity contribution in [2.45, 2.75) is 57.8 Å². The van der Waals surface area contributed by atoms with Crippen LogP contribution < -0.4 is 5.32 Å². The van der Waals surface area contributed by atoms with Crippen LogP contribution in [0.3, 0.4) is 0 Å². The zero-order valence-electron chi connectivity index (χ0n) is 12.1. The number of piperidine rings is 2.